The van der Waals surface area contributed by atoms with E-state index < -0.39 is 0 Å². The van der Waals surface area contributed by atoms with Crippen molar-refractivity contribution in [1.29, 1.82) is 0 Å². The first-order valence-electron chi connectivity index (χ1n) is 5.08. The molecule has 0 fully saturated rings. The first-order valence-corrected chi connectivity index (χ1v) is 5.08. The molecule has 3 aromatic heterocycles. The Labute approximate surface area is 93.0 Å². The Balaban J connectivity index is 2.00. The maximum Gasteiger partial charge on any atom is 0.204 e. The zero-order chi connectivity index (χ0) is 10.8. The summed E-state index contributed by atoms with van der Waals surface area (Å²) in [6, 6.07) is 13.5. The summed E-state index contributed by atoms with van der Waals surface area (Å²) in [4.78, 5) is 4.24. The molecule has 3 aromatic rings. The molecule has 16 heavy (non-hydrogen) atoms. The maximum atomic E-state index is 5.71. The van der Waals surface area contributed by atoms with Crippen LogP contribution < -0.4 is 0 Å². The predicted molar refractivity (Wildman–Crippen MR) is 61.3 cm³/mol. The van der Waals surface area contributed by atoms with Crippen LogP contribution in [0.2, 0.25) is 0 Å². The average Bonchev–Trinajstić information content (AvgIpc) is 3.01. The van der Waals surface area contributed by atoms with Gasteiger partial charge in [-0.2, -0.15) is 0 Å². The lowest BCUT2D eigenvalue weighted by Gasteiger charge is -1.97. The molecule has 3 heteroatoms. The van der Waals surface area contributed by atoms with E-state index in [4.69, 9.17) is 4.42 Å². The number of aromatic nitrogens is 2. The molecule has 0 aliphatic carbocycles. The van der Waals surface area contributed by atoms with Gasteiger partial charge in [-0.25, -0.2) is 0 Å². The fraction of sp³-hybridized carbons (Fsp3) is 0. The fourth-order valence-electron chi connectivity index (χ4n) is 1.59. The number of hydrogen-bond donors (Lipinski definition) is 0. The third-order valence-electron chi connectivity index (χ3n) is 2.37. The van der Waals surface area contributed by atoms with Crippen molar-refractivity contribution in [3.05, 3.63) is 61.1 Å². The zero-order valence-electron chi connectivity index (χ0n) is 8.58. The highest BCUT2D eigenvalue weighted by Gasteiger charge is 2.05. The SMILES string of the molecule is c1ccc(-c2ccc(-n3cccc3)o2)nc1. The minimum atomic E-state index is 0.782. The highest BCUT2D eigenvalue weighted by atomic mass is 16.4. The molecular formula is C13H10N2O. The highest BCUT2D eigenvalue weighted by Crippen LogP contribution is 2.21. The molecule has 0 unspecified atom stereocenters. The van der Waals surface area contributed by atoms with E-state index in [1.807, 2.05) is 59.4 Å². The van der Waals surface area contributed by atoms with E-state index in [0.29, 0.717) is 0 Å². The van der Waals surface area contributed by atoms with E-state index in [-0.39, 0.29) is 0 Å². The molecule has 0 N–H and O–H groups in total. The molecule has 0 spiro atoms. The van der Waals surface area contributed by atoms with Crippen molar-refractivity contribution in [3.8, 4) is 17.3 Å². The Hall–Kier alpha value is -2.29. The van der Waals surface area contributed by atoms with E-state index in [1.165, 1.54) is 0 Å². The van der Waals surface area contributed by atoms with Crippen molar-refractivity contribution in [1.82, 2.24) is 9.55 Å². The van der Waals surface area contributed by atoms with Crippen LogP contribution in [0.25, 0.3) is 17.3 Å². The minimum Gasteiger partial charge on any atom is -0.438 e. The van der Waals surface area contributed by atoms with Gasteiger partial charge in [0.05, 0.1) is 0 Å². The summed E-state index contributed by atoms with van der Waals surface area (Å²) in [5, 5.41) is 0. The molecule has 3 nitrogen and oxygen atoms in total. The second kappa shape index (κ2) is 3.70. The Bertz CT molecular complexity index is 567. The Morgan fingerprint density at radius 2 is 1.81 bits per heavy atom. The van der Waals surface area contributed by atoms with E-state index in [0.717, 1.165) is 17.3 Å². The number of nitrogens with zero attached hydrogens (tertiary/aromatic N) is 2. The van der Waals surface area contributed by atoms with Crippen LogP contribution in [-0.2, 0) is 0 Å². The molecule has 0 aromatic carbocycles. The van der Waals surface area contributed by atoms with E-state index in [1.54, 1.807) is 6.20 Å². The summed E-state index contributed by atoms with van der Waals surface area (Å²) < 4.78 is 7.64. The molecule has 0 atom stereocenters. The van der Waals surface area contributed by atoms with Crippen molar-refractivity contribution in [3.63, 3.8) is 0 Å². The number of hydrogen-bond acceptors (Lipinski definition) is 2. The second-order valence-corrected chi connectivity index (χ2v) is 3.44. The van der Waals surface area contributed by atoms with Crippen LogP contribution in [0.5, 0.6) is 0 Å². The molecule has 0 aliphatic rings. The van der Waals surface area contributed by atoms with Crippen LogP contribution in [0.1, 0.15) is 0 Å². The van der Waals surface area contributed by atoms with Gasteiger partial charge in [0, 0.05) is 24.7 Å². The van der Waals surface area contributed by atoms with Gasteiger partial charge in [-0.1, -0.05) is 6.07 Å². The molecule has 0 saturated heterocycles. The van der Waals surface area contributed by atoms with Crippen LogP contribution in [0, 0.1) is 0 Å². The van der Waals surface area contributed by atoms with Gasteiger partial charge < -0.3 is 4.42 Å². The summed E-state index contributed by atoms with van der Waals surface area (Å²) in [7, 11) is 0. The largest absolute Gasteiger partial charge is 0.438 e. The third-order valence-corrected chi connectivity index (χ3v) is 2.37. The summed E-state index contributed by atoms with van der Waals surface area (Å²) in [5.74, 6) is 1.58. The molecule has 0 bridgehead atoms. The molecule has 0 amide bonds. The average molecular weight is 210 g/mol. The molecule has 3 rings (SSSR count). The van der Waals surface area contributed by atoms with Crippen molar-refractivity contribution in [2.24, 2.45) is 0 Å². The van der Waals surface area contributed by atoms with Gasteiger partial charge in [0.1, 0.15) is 5.69 Å². The van der Waals surface area contributed by atoms with Crippen LogP contribution in [0.15, 0.2) is 65.5 Å². The monoisotopic (exact) mass is 210 g/mol. The topological polar surface area (TPSA) is 31.0 Å². The Morgan fingerprint density at radius 1 is 0.938 bits per heavy atom. The summed E-state index contributed by atoms with van der Waals surface area (Å²) in [6.45, 7) is 0. The fourth-order valence-corrected chi connectivity index (χ4v) is 1.59. The first-order chi connectivity index (χ1) is 7.93. The summed E-state index contributed by atoms with van der Waals surface area (Å²) in [6.07, 6.45) is 5.65. The molecule has 78 valence electrons. The molecule has 0 radical (unpaired) electrons. The van der Waals surface area contributed by atoms with Gasteiger partial charge in [0.2, 0.25) is 5.88 Å². The van der Waals surface area contributed by atoms with Gasteiger partial charge in [-0.3, -0.25) is 9.55 Å². The number of rotatable bonds is 2. The second-order valence-electron chi connectivity index (χ2n) is 3.44. The maximum absolute atomic E-state index is 5.71. The molecule has 3 heterocycles. The lowest BCUT2D eigenvalue weighted by molar-refractivity contribution is 0.551. The van der Waals surface area contributed by atoms with Gasteiger partial charge >= 0.3 is 0 Å². The van der Waals surface area contributed by atoms with Crippen molar-refractivity contribution in [2.45, 2.75) is 0 Å². The van der Waals surface area contributed by atoms with E-state index in [2.05, 4.69) is 4.98 Å². The lowest BCUT2D eigenvalue weighted by Crippen LogP contribution is -1.84. The zero-order valence-corrected chi connectivity index (χ0v) is 8.58. The van der Waals surface area contributed by atoms with Crippen LogP contribution in [0.3, 0.4) is 0 Å². The standard InChI is InChI=1S/C13H10N2O/c1-2-8-14-11(5-1)12-6-7-13(16-12)15-9-3-4-10-15/h1-10H. The van der Waals surface area contributed by atoms with Crippen LogP contribution in [-0.4, -0.2) is 9.55 Å². The van der Waals surface area contributed by atoms with E-state index >= 15 is 0 Å². The Kier molecular flexibility index (Phi) is 2.07. The Morgan fingerprint density at radius 3 is 2.56 bits per heavy atom. The predicted octanol–water partition coefficient (Wildman–Crippen LogP) is 3.13. The molecule has 0 saturated carbocycles. The van der Waals surface area contributed by atoms with Gasteiger partial charge in [0.25, 0.3) is 0 Å². The van der Waals surface area contributed by atoms with Gasteiger partial charge in [-0.05, 0) is 30.3 Å². The van der Waals surface area contributed by atoms with Crippen LogP contribution in [0.4, 0.5) is 0 Å². The van der Waals surface area contributed by atoms with Crippen molar-refractivity contribution < 1.29 is 4.42 Å². The third kappa shape index (κ3) is 1.52. The quantitative estimate of drug-likeness (QED) is 0.650. The smallest absolute Gasteiger partial charge is 0.204 e. The molecular weight excluding hydrogens is 200 g/mol. The normalized spacial score (nSPS) is 10.5. The van der Waals surface area contributed by atoms with Crippen LogP contribution >= 0.6 is 0 Å². The molecule has 0 aliphatic heterocycles. The summed E-state index contributed by atoms with van der Waals surface area (Å²) >= 11 is 0. The van der Waals surface area contributed by atoms with E-state index in [9.17, 15) is 0 Å². The van der Waals surface area contributed by atoms with Crippen molar-refractivity contribution >= 4 is 0 Å². The number of pyridine rings is 1. The van der Waals surface area contributed by atoms with Crippen molar-refractivity contribution in [2.75, 3.05) is 0 Å². The van der Waals surface area contributed by atoms with Gasteiger partial charge in [0.15, 0.2) is 5.76 Å². The highest BCUT2D eigenvalue weighted by molar-refractivity contribution is 5.53. The first kappa shape index (κ1) is 8.97. The minimum absolute atomic E-state index is 0.782. The van der Waals surface area contributed by atoms with Gasteiger partial charge in [-0.15, -0.1) is 0 Å². The summed E-state index contributed by atoms with van der Waals surface area (Å²) in [5.41, 5.74) is 0.848. The lowest BCUT2D eigenvalue weighted by atomic mass is 10.3. The number of furan rings is 1.